The Balaban J connectivity index is 1.19. The van der Waals surface area contributed by atoms with E-state index in [0.717, 1.165) is 49.9 Å². The number of rotatable bonds is 6. The van der Waals surface area contributed by atoms with Gasteiger partial charge in [-0.15, -0.1) is 0 Å². The molecule has 0 N–H and O–H groups in total. The zero-order valence-corrected chi connectivity index (χ0v) is 30.3. The van der Waals surface area contributed by atoms with Crippen molar-refractivity contribution in [3.8, 4) is 56.7 Å². The highest BCUT2D eigenvalue weighted by Crippen LogP contribution is 2.40. The Morgan fingerprint density at radius 1 is 0.286 bits per heavy atom. The summed E-state index contributed by atoms with van der Waals surface area (Å²) in [6.45, 7) is 0. The first-order valence-electron chi connectivity index (χ1n) is 18.9. The molecule has 11 aromatic rings. The number of aromatic nitrogens is 5. The molecule has 0 spiro atoms. The fourth-order valence-corrected chi connectivity index (χ4v) is 8.22. The first-order valence-corrected chi connectivity index (χ1v) is 18.9. The van der Waals surface area contributed by atoms with Crippen LogP contribution in [0.2, 0.25) is 0 Å². The molecule has 5 nitrogen and oxygen atoms in total. The normalized spacial score (nSPS) is 11.6. The van der Waals surface area contributed by atoms with Crippen molar-refractivity contribution in [2.45, 2.75) is 0 Å². The summed E-state index contributed by atoms with van der Waals surface area (Å²) >= 11 is 0. The van der Waals surface area contributed by atoms with Gasteiger partial charge in [0.2, 0.25) is 0 Å². The number of fused-ring (bicyclic) bond motifs is 6. The number of hydrogen-bond acceptors (Lipinski definition) is 3. The summed E-state index contributed by atoms with van der Waals surface area (Å²) in [6.07, 6.45) is 0. The molecule has 3 aromatic heterocycles. The van der Waals surface area contributed by atoms with Crippen molar-refractivity contribution in [2.24, 2.45) is 0 Å². The van der Waals surface area contributed by atoms with Crippen molar-refractivity contribution in [1.29, 1.82) is 0 Å². The molecule has 3 heterocycles. The van der Waals surface area contributed by atoms with E-state index in [0.29, 0.717) is 17.5 Å². The van der Waals surface area contributed by atoms with E-state index in [1.807, 2.05) is 60.7 Å². The Hall–Kier alpha value is -7.63. The van der Waals surface area contributed by atoms with Crippen LogP contribution in [0.3, 0.4) is 0 Å². The Bertz CT molecular complexity index is 3120. The monoisotopic (exact) mass is 715 g/mol. The van der Waals surface area contributed by atoms with E-state index in [4.69, 9.17) is 15.0 Å². The van der Waals surface area contributed by atoms with Crippen LogP contribution in [0.4, 0.5) is 0 Å². The first-order chi connectivity index (χ1) is 27.8. The number of hydrogen-bond donors (Lipinski definition) is 0. The molecule has 0 saturated carbocycles. The molecular formula is C51H33N5. The van der Waals surface area contributed by atoms with E-state index < -0.39 is 0 Å². The van der Waals surface area contributed by atoms with Gasteiger partial charge in [0, 0.05) is 49.5 Å². The summed E-state index contributed by atoms with van der Waals surface area (Å²) in [5, 5.41) is 4.74. The zero-order valence-electron chi connectivity index (χ0n) is 30.3. The quantitative estimate of drug-likeness (QED) is 0.172. The molecule has 0 fully saturated rings. The number of benzene rings is 8. The standard InChI is InChI=1S/C51H33N5/c1-4-16-34(17-5-1)39-22-10-13-25-44(39)56-47-30-28-37(51-53-49(35-18-6-2-7-19-35)52-50(54-51)36-20-8-3-9-21-36)32-42(47)43-33-38(29-31-48(43)56)55-45-26-14-11-23-40(45)41-24-12-15-27-46(41)55/h1-33H. The minimum absolute atomic E-state index is 0.628. The molecule has 0 aliphatic rings. The van der Waals surface area contributed by atoms with Crippen molar-refractivity contribution in [3.63, 3.8) is 0 Å². The van der Waals surface area contributed by atoms with Gasteiger partial charge in [0.1, 0.15) is 0 Å². The molecule has 0 bridgehead atoms. The van der Waals surface area contributed by atoms with E-state index in [1.54, 1.807) is 0 Å². The van der Waals surface area contributed by atoms with Gasteiger partial charge in [-0.2, -0.15) is 0 Å². The maximum Gasteiger partial charge on any atom is 0.164 e. The van der Waals surface area contributed by atoms with Gasteiger partial charge in [0.05, 0.1) is 27.8 Å². The van der Waals surface area contributed by atoms with Crippen LogP contribution >= 0.6 is 0 Å². The van der Waals surface area contributed by atoms with Gasteiger partial charge in [0.25, 0.3) is 0 Å². The van der Waals surface area contributed by atoms with E-state index in [1.165, 1.54) is 32.9 Å². The predicted octanol–water partition coefficient (Wildman–Crippen LogP) is 12.7. The predicted molar refractivity (Wildman–Crippen MR) is 230 cm³/mol. The zero-order chi connectivity index (χ0) is 37.0. The highest BCUT2D eigenvalue weighted by molar-refractivity contribution is 6.13. The molecule has 0 saturated heterocycles. The van der Waals surface area contributed by atoms with Gasteiger partial charge < -0.3 is 9.13 Å². The maximum atomic E-state index is 5.10. The molecule has 0 unspecified atom stereocenters. The molecule has 5 heteroatoms. The van der Waals surface area contributed by atoms with Crippen molar-refractivity contribution in [1.82, 2.24) is 24.1 Å². The third-order valence-electron chi connectivity index (χ3n) is 10.8. The molecule has 56 heavy (non-hydrogen) atoms. The summed E-state index contributed by atoms with van der Waals surface area (Å²) in [7, 11) is 0. The smallest absolute Gasteiger partial charge is 0.164 e. The Kier molecular flexibility index (Phi) is 7.42. The maximum absolute atomic E-state index is 5.10. The average Bonchev–Trinajstić information content (AvgIpc) is 3.79. The van der Waals surface area contributed by atoms with Gasteiger partial charge in [0.15, 0.2) is 17.5 Å². The molecule has 0 atom stereocenters. The Morgan fingerprint density at radius 3 is 1.34 bits per heavy atom. The van der Waals surface area contributed by atoms with Gasteiger partial charge >= 0.3 is 0 Å². The molecular weight excluding hydrogens is 683 g/mol. The van der Waals surface area contributed by atoms with Crippen LogP contribution in [0.1, 0.15) is 0 Å². The fraction of sp³-hybridized carbons (Fsp3) is 0. The second kappa shape index (κ2) is 13.0. The second-order valence-electron chi connectivity index (χ2n) is 14.1. The van der Waals surface area contributed by atoms with E-state index in [2.05, 4.69) is 149 Å². The van der Waals surface area contributed by atoms with Crippen LogP contribution in [0.25, 0.3) is 100 Å². The van der Waals surface area contributed by atoms with Gasteiger partial charge in [-0.3, -0.25) is 0 Å². The lowest BCUT2D eigenvalue weighted by molar-refractivity contribution is 1.07. The van der Waals surface area contributed by atoms with Crippen molar-refractivity contribution >= 4 is 43.6 Å². The van der Waals surface area contributed by atoms with Crippen molar-refractivity contribution in [3.05, 3.63) is 200 Å². The van der Waals surface area contributed by atoms with Crippen molar-refractivity contribution in [2.75, 3.05) is 0 Å². The topological polar surface area (TPSA) is 48.5 Å². The molecule has 11 rings (SSSR count). The van der Waals surface area contributed by atoms with Crippen LogP contribution in [0.15, 0.2) is 200 Å². The molecule has 0 aliphatic heterocycles. The number of nitrogens with zero attached hydrogens (tertiary/aromatic N) is 5. The summed E-state index contributed by atoms with van der Waals surface area (Å²) < 4.78 is 4.80. The molecule has 8 aromatic carbocycles. The molecule has 0 aliphatic carbocycles. The summed E-state index contributed by atoms with van der Waals surface area (Å²) in [6, 6.07) is 70.4. The van der Waals surface area contributed by atoms with Crippen LogP contribution in [-0.4, -0.2) is 24.1 Å². The van der Waals surface area contributed by atoms with E-state index in [9.17, 15) is 0 Å². The average molecular weight is 716 g/mol. The van der Waals surface area contributed by atoms with E-state index >= 15 is 0 Å². The summed E-state index contributed by atoms with van der Waals surface area (Å²) in [4.78, 5) is 15.2. The highest BCUT2D eigenvalue weighted by Gasteiger charge is 2.20. The first kappa shape index (κ1) is 31.9. The van der Waals surface area contributed by atoms with Gasteiger partial charge in [-0.25, -0.2) is 15.0 Å². The summed E-state index contributed by atoms with van der Waals surface area (Å²) in [5.41, 5.74) is 12.0. The van der Waals surface area contributed by atoms with Crippen molar-refractivity contribution < 1.29 is 0 Å². The van der Waals surface area contributed by atoms with E-state index in [-0.39, 0.29) is 0 Å². The number of para-hydroxylation sites is 3. The van der Waals surface area contributed by atoms with Crippen LogP contribution in [-0.2, 0) is 0 Å². The fourth-order valence-electron chi connectivity index (χ4n) is 8.22. The lowest BCUT2D eigenvalue weighted by atomic mass is 10.0. The van der Waals surface area contributed by atoms with Gasteiger partial charge in [-0.05, 0) is 60.2 Å². The minimum atomic E-state index is 0.628. The lowest BCUT2D eigenvalue weighted by Crippen LogP contribution is -2.00. The van der Waals surface area contributed by atoms with Crippen LogP contribution in [0, 0.1) is 0 Å². The lowest BCUT2D eigenvalue weighted by Gasteiger charge is -2.14. The van der Waals surface area contributed by atoms with Crippen LogP contribution in [0.5, 0.6) is 0 Å². The largest absolute Gasteiger partial charge is 0.309 e. The Morgan fingerprint density at radius 2 is 0.732 bits per heavy atom. The minimum Gasteiger partial charge on any atom is -0.309 e. The third kappa shape index (κ3) is 5.21. The summed E-state index contributed by atoms with van der Waals surface area (Å²) in [5.74, 6) is 1.91. The highest BCUT2D eigenvalue weighted by atomic mass is 15.0. The SMILES string of the molecule is c1ccc(-c2nc(-c3ccccc3)nc(-c3ccc4c(c3)c3cc(-n5c6ccccc6c6ccccc65)ccc3n4-c3ccccc3-c3ccccc3)n2)cc1. The molecule has 0 amide bonds. The van der Waals surface area contributed by atoms with Crippen LogP contribution < -0.4 is 0 Å². The second-order valence-corrected chi connectivity index (χ2v) is 14.1. The molecule has 0 radical (unpaired) electrons. The van der Waals surface area contributed by atoms with Gasteiger partial charge in [-0.1, -0.05) is 146 Å². The Labute approximate surface area is 323 Å². The molecule has 262 valence electrons. The third-order valence-corrected chi connectivity index (χ3v) is 10.8.